The summed E-state index contributed by atoms with van der Waals surface area (Å²) in [5.74, 6) is -0.747. The Balaban J connectivity index is 3.38. The predicted molar refractivity (Wildman–Crippen MR) is 66.1 cm³/mol. The number of aliphatic carboxylic acids is 1. The lowest BCUT2D eigenvalue weighted by Gasteiger charge is -2.17. The number of halogens is 1. The molecule has 16 heavy (non-hydrogen) atoms. The summed E-state index contributed by atoms with van der Waals surface area (Å²) < 4.78 is 6.04. The van der Waals surface area contributed by atoms with Gasteiger partial charge in [-0.1, -0.05) is 28.9 Å². The van der Waals surface area contributed by atoms with Crippen LogP contribution in [-0.2, 0) is 4.79 Å². The Morgan fingerprint density at radius 3 is 2.62 bits per heavy atom. The Labute approximate surface area is 104 Å². The molecule has 88 valence electrons. The summed E-state index contributed by atoms with van der Waals surface area (Å²) >= 11 is 3.44. The van der Waals surface area contributed by atoms with Crippen molar-refractivity contribution in [1.82, 2.24) is 0 Å². The highest BCUT2D eigenvalue weighted by Gasteiger charge is 2.24. The van der Waals surface area contributed by atoms with Crippen LogP contribution >= 0.6 is 15.9 Å². The van der Waals surface area contributed by atoms with Gasteiger partial charge in [0.15, 0.2) is 0 Å². The van der Waals surface area contributed by atoms with Crippen LogP contribution in [0.1, 0.15) is 30.4 Å². The molecular formula is C12H15BrO3. The minimum atomic E-state index is -0.827. The van der Waals surface area contributed by atoms with E-state index >= 15 is 0 Å². The summed E-state index contributed by atoms with van der Waals surface area (Å²) in [6, 6.07) is 3.71. The van der Waals surface area contributed by atoms with Gasteiger partial charge in [0.1, 0.15) is 5.75 Å². The van der Waals surface area contributed by atoms with E-state index in [4.69, 9.17) is 4.74 Å². The second-order valence-corrected chi connectivity index (χ2v) is 4.40. The third kappa shape index (κ3) is 2.38. The van der Waals surface area contributed by atoms with Crippen molar-refractivity contribution >= 4 is 21.9 Å². The minimum Gasteiger partial charge on any atom is -0.496 e. The summed E-state index contributed by atoms with van der Waals surface area (Å²) in [6.07, 6.45) is 0.535. The van der Waals surface area contributed by atoms with Crippen LogP contribution < -0.4 is 4.74 Å². The predicted octanol–water partition coefficient (Wildman–Crippen LogP) is 3.34. The highest BCUT2D eigenvalue weighted by Crippen LogP contribution is 2.37. The first kappa shape index (κ1) is 13.0. The smallest absolute Gasteiger partial charge is 0.311 e. The topological polar surface area (TPSA) is 46.5 Å². The maximum Gasteiger partial charge on any atom is 0.311 e. The summed E-state index contributed by atoms with van der Waals surface area (Å²) in [6.45, 7) is 3.79. The zero-order chi connectivity index (χ0) is 12.3. The van der Waals surface area contributed by atoms with Crippen molar-refractivity contribution in [1.29, 1.82) is 0 Å². The molecule has 0 saturated carbocycles. The number of carboxylic acids is 1. The van der Waals surface area contributed by atoms with E-state index < -0.39 is 11.9 Å². The maximum atomic E-state index is 11.2. The molecule has 3 nitrogen and oxygen atoms in total. The Bertz CT molecular complexity index is 401. The molecule has 1 atom stereocenters. The van der Waals surface area contributed by atoms with Gasteiger partial charge in [0, 0.05) is 10.0 Å². The lowest BCUT2D eigenvalue weighted by Crippen LogP contribution is -2.13. The molecule has 1 N–H and O–H groups in total. The molecule has 0 aliphatic rings. The van der Waals surface area contributed by atoms with Crippen LogP contribution in [0.2, 0.25) is 0 Å². The number of hydrogen-bond acceptors (Lipinski definition) is 2. The molecule has 1 unspecified atom stereocenters. The molecule has 0 fully saturated rings. The molecule has 1 aromatic rings. The molecule has 4 heteroatoms. The van der Waals surface area contributed by atoms with Crippen LogP contribution in [0.5, 0.6) is 5.75 Å². The van der Waals surface area contributed by atoms with Crippen LogP contribution in [0.15, 0.2) is 16.6 Å². The van der Waals surface area contributed by atoms with E-state index in [1.54, 1.807) is 13.2 Å². The van der Waals surface area contributed by atoms with Gasteiger partial charge in [-0.3, -0.25) is 4.79 Å². The highest BCUT2D eigenvalue weighted by atomic mass is 79.9. The molecule has 0 amide bonds. The summed E-state index contributed by atoms with van der Waals surface area (Å²) in [7, 11) is 1.55. The van der Waals surface area contributed by atoms with Gasteiger partial charge < -0.3 is 9.84 Å². The van der Waals surface area contributed by atoms with E-state index in [1.165, 1.54) is 0 Å². The highest BCUT2D eigenvalue weighted by molar-refractivity contribution is 9.10. The summed E-state index contributed by atoms with van der Waals surface area (Å²) in [5, 5.41) is 9.19. The van der Waals surface area contributed by atoms with Gasteiger partial charge in [0.2, 0.25) is 0 Å². The first-order valence-electron chi connectivity index (χ1n) is 5.08. The van der Waals surface area contributed by atoms with Crippen molar-refractivity contribution in [2.45, 2.75) is 26.2 Å². The van der Waals surface area contributed by atoms with E-state index in [0.717, 1.165) is 15.6 Å². The van der Waals surface area contributed by atoms with Crippen LogP contribution in [0.3, 0.4) is 0 Å². The van der Waals surface area contributed by atoms with Crippen molar-refractivity contribution in [3.05, 3.63) is 27.7 Å². The summed E-state index contributed by atoms with van der Waals surface area (Å²) in [4.78, 5) is 11.2. The molecule has 0 saturated heterocycles. The number of benzene rings is 1. The third-order valence-electron chi connectivity index (χ3n) is 2.61. The van der Waals surface area contributed by atoms with Gasteiger partial charge in [0.25, 0.3) is 0 Å². The molecule has 0 bridgehead atoms. The fourth-order valence-corrected chi connectivity index (χ4v) is 2.29. The Morgan fingerprint density at radius 1 is 1.56 bits per heavy atom. The van der Waals surface area contributed by atoms with E-state index in [0.29, 0.717) is 12.2 Å². The molecule has 0 spiro atoms. The van der Waals surface area contributed by atoms with Gasteiger partial charge in [0.05, 0.1) is 13.0 Å². The Hall–Kier alpha value is -1.03. The fourth-order valence-electron chi connectivity index (χ4n) is 1.69. The van der Waals surface area contributed by atoms with Crippen molar-refractivity contribution in [3.63, 3.8) is 0 Å². The zero-order valence-electron chi connectivity index (χ0n) is 9.58. The molecule has 1 rings (SSSR count). The monoisotopic (exact) mass is 286 g/mol. The molecule has 0 aliphatic heterocycles. The largest absolute Gasteiger partial charge is 0.496 e. The van der Waals surface area contributed by atoms with E-state index in [-0.39, 0.29) is 0 Å². The van der Waals surface area contributed by atoms with Crippen LogP contribution in [0.4, 0.5) is 0 Å². The Morgan fingerprint density at radius 2 is 2.19 bits per heavy atom. The number of carbonyl (C=O) groups is 1. The number of methoxy groups -OCH3 is 1. The van der Waals surface area contributed by atoms with E-state index in [2.05, 4.69) is 15.9 Å². The normalized spacial score (nSPS) is 12.2. The molecule has 1 aromatic carbocycles. The molecule has 0 radical (unpaired) electrons. The average Bonchev–Trinajstić information content (AvgIpc) is 2.25. The fraction of sp³-hybridized carbons (Fsp3) is 0.417. The van der Waals surface area contributed by atoms with Crippen molar-refractivity contribution in [2.24, 2.45) is 0 Å². The molecule has 0 heterocycles. The minimum absolute atomic E-state index is 0.535. The standard InChI is InChI=1S/C12H15BrO3/c1-4-8(12(14)15)10-9(16-3)6-5-7(2)11(10)13/h5-6,8H,4H2,1-3H3,(H,14,15). The summed E-state index contributed by atoms with van der Waals surface area (Å²) in [5.41, 5.74) is 1.73. The van der Waals surface area contributed by atoms with Crippen LogP contribution in [0, 0.1) is 6.92 Å². The molecule has 0 aromatic heterocycles. The van der Waals surface area contributed by atoms with Gasteiger partial charge in [-0.15, -0.1) is 0 Å². The quantitative estimate of drug-likeness (QED) is 0.923. The van der Waals surface area contributed by atoms with E-state index in [9.17, 15) is 9.90 Å². The second-order valence-electron chi connectivity index (χ2n) is 3.61. The number of aryl methyl sites for hydroxylation is 1. The van der Waals surface area contributed by atoms with Crippen LogP contribution in [-0.4, -0.2) is 18.2 Å². The molecule has 0 aliphatic carbocycles. The lowest BCUT2D eigenvalue weighted by atomic mass is 9.94. The maximum absolute atomic E-state index is 11.2. The van der Waals surface area contributed by atoms with Gasteiger partial charge in [-0.05, 0) is 25.0 Å². The first-order valence-corrected chi connectivity index (χ1v) is 5.88. The van der Waals surface area contributed by atoms with Gasteiger partial charge in [-0.2, -0.15) is 0 Å². The SMILES string of the molecule is CCC(C(=O)O)c1c(OC)ccc(C)c1Br. The van der Waals surface area contributed by atoms with Crippen molar-refractivity contribution < 1.29 is 14.6 Å². The lowest BCUT2D eigenvalue weighted by molar-refractivity contribution is -0.138. The average molecular weight is 287 g/mol. The number of hydrogen-bond donors (Lipinski definition) is 1. The van der Waals surface area contributed by atoms with Crippen molar-refractivity contribution in [2.75, 3.05) is 7.11 Å². The zero-order valence-corrected chi connectivity index (χ0v) is 11.2. The molecular weight excluding hydrogens is 272 g/mol. The number of rotatable bonds is 4. The van der Waals surface area contributed by atoms with Gasteiger partial charge in [-0.25, -0.2) is 0 Å². The third-order valence-corrected chi connectivity index (χ3v) is 3.66. The second kappa shape index (κ2) is 5.34. The first-order chi connectivity index (χ1) is 7.52. The Kier molecular flexibility index (Phi) is 4.35. The van der Waals surface area contributed by atoms with Gasteiger partial charge >= 0.3 is 5.97 Å². The van der Waals surface area contributed by atoms with Crippen molar-refractivity contribution in [3.8, 4) is 5.75 Å². The number of carboxylic acid groups (broad SMARTS) is 1. The number of ether oxygens (including phenoxy) is 1. The van der Waals surface area contributed by atoms with Crippen LogP contribution in [0.25, 0.3) is 0 Å². The van der Waals surface area contributed by atoms with E-state index in [1.807, 2.05) is 19.9 Å².